The molecule has 1 aliphatic carbocycles. The summed E-state index contributed by atoms with van der Waals surface area (Å²) >= 11 is 0. The Morgan fingerprint density at radius 1 is 1.45 bits per heavy atom. The van der Waals surface area contributed by atoms with Gasteiger partial charge in [0.05, 0.1) is 6.07 Å². The molecule has 0 bridgehead atoms. The molecular weight excluding hydrogens is 134 g/mol. The van der Waals surface area contributed by atoms with Gasteiger partial charge in [0.1, 0.15) is 0 Å². The topological polar surface area (TPSA) is 23.8 Å². The summed E-state index contributed by atoms with van der Waals surface area (Å²) in [5, 5.41) is 8.52. The third-order valence-corrected chi connectivity index (χ3v) is 2.61. The minimum atomic E-state index is 0.286. The summed E-state index contributed by atoms with van der Waals surface area (Å²) in [5.41, 5.74) is 1.62. The first-order valence-electron chi connectivity index (χ1n) is 4.26. The van der Waals surface area contributed by atoms with Gasteiger partial charge < -0.3 is 0 Å². The Kier molecular flexibility index (Phi) is 2.34. The van der Waals surface area contributed by atoms with Crippen molar-refractivity contribution in [1.29, 1.82) is 5.26 Å². The van der Waals surface area contributed by atoms with Crippen LogP contribution in [0, 0.1) is 16.7 Å². The minimum absolute atomic E-state index is 0.286. The highest BCUT2D eigenvalue weighted by Gasteiger charge is 2.25. The summed E-state index contributed by atoms with van der Waals surface area (Å²) in [4.78, 5) is 0. The number of hydrogen-bond acceptors (Lipinski definition) is 1. The van der Waals surface area contributed by atoms with Crippen molar-refractivity contribution in [1.82, 2.24) is 0 Å². The van der Waals surface area contributed by atoms with Crippen LogP contribution in [0.25, 0.3) is 0 Å². The van der Waals surface area contributed by atoms with E-state index < -0.39 is 0 Å². The number of nitrogens with zero attached hydrogens (tertiary/aromatic N) is 1. The van der Waals surface area contributed by atoms with Crippen molar-refractivity contribution in [3.05, 3.63) is 11.6 Å². The van der Waals surface area contributed by atoms with Crippen LogP contribution in [0.3, 0.4) is 0 Å². The van der Waals surface area contributed by atoms with Crippen LogP contribution in [0.4, 0.5) is 0 Å². The summed E-state index contributed by atoms with van der Waals surface area (Å²) in [5.74, 6) is 0. The quantitative estimate of drug-likeness (QED) is 0.486. The van der Waals surface area contributed by atoms with Gasteiger partial charge in [-0.3, -0.25) is 0 Å². The zero-order valence-electron chi connectivity index (χ0n) is 7.35. The lowest BCUT2D eigenvalue weighted by molar-refractivity contribution is 0.336. The van der Waals surface area contributed by atoms with E-state index in [1.807, 2.05) is 0 Å². The van der Waals surface area contributed by atoms with Gasteiger partial charge in [-0.15, -0.1) is 0 Å². The lowest BCUT2D eigenvalue weighted by Gasteiger charge is -2.32. The Labute approximate surface area is 68.7 Å². The molecule has 1 nitrogen and oxygen atoms in total. The normalized spacial score (nSPS) is 26.5. The van der Waals surface area contributed by atoms with Crippen molar-refractivity contribution in [2.45, 2.75) is 39.5 Å². The second-order valence-corrected chi connectivity index (χ2v) is 3.89. The molecular formula is C10H15N. The van der Waals surface area contributed by atoms with Crippen molar-refractivity contribution in [3.8, 4) is 6.07 Å². The van der Waals surface area contributed by atoms with Crippen LogP contribution >= 0.6 is 0 Å². The SMILES string of the molecule is CC1(C)CCCC/C1=C\C#N. The Balaban J connectivity index is 2.77. The molecule has 0 unspecified atom stereocenters. The molecule has 1 saturated carbocycles. The Morgan fingerprint density at radius 2 is 2.18 bits per heavy atom. The van der Waals surface area contributed by atoms with Crippen LogP contribution in [0.5, 0.6) is 0 Å². The number of hydrogen-bond donors (Lipinski definition) is 0. The monoisotopic (exact) mass is 149 g/mol. The number of rotatable bonds is 0. The van der Waals surface area contributed by atoms with E-state index in [0.29, 0.717) is 0 Å². The number of allylic oxidation sites excluding steroid dienone is 2. The van der Waals surface area contributed by atoms with Gasteiger partial charge in [-0.05, 0) is 24.7 Å². The standard InChI is InChI=1S/C10H15N/c1-10(2)7-4-3-5-9(10)6-8-11/h6H,3-5,7H2,1-2H3/b9-6+. The molecule has 0 heterocycles. The summed E-state index contributed by atoms with van der Waals surface area (Å²) < 4.78 is 0. The van der Waals surface area contributed by atoms with Crippen LogP contribution in [-0.4, -0.2) is 0 Å². The highest BCUT2D eigenvalue weighted by Crippen LogP contribution is 2.39. The van der Waals surface area contributed by atoms with E-state index in [-0.39, 0.29) is 5.41 Å². The molecule has 0 aromatic carbocycles. The molecule has 11 heavy (non-hydrogen) atoms. The molecule has 0 aromatic heterocycles. The molecule has 0 aromatic rings. The Bertz CT molecular complexity index is 205. The van der Waals surface area contributed by atoms with Crippen LogP contribution in [0.2, 0.25) is 0 Å². The van der Waals surface area contributed by atoms with Crippen molar-refractivity contribution < 1.29 is 0 Å². The Morgan fingerprint density at radius 3 is 2.73 bits per heavy atom. The predicted molar refractivity (Wildman–Crippen MR) is 45.9 cm³/mol. The van der Waals surface area contributed by atoms with Gasteiger partial charge in [0.2, 0.25) is 0 Å². The third-order valence-electron chi connectivity index (χ3n) is 2.61. The van der Waals surface area contributed by atoms with E-state index in [1.54, 1.807) is 6.08 Å². The zero-order valence-corrected chi connectivity index (χ0v) is 7.35. The lowest BCUT2D eigenvalue weighted by Crippen LogP contribution is -2.18. The largest absolute Gasteiger partial charge is 0.193 e. The average molecular weight is 149 g/mol. The summed E-state index contributed by atoms with van der Waals surface area (Å²) in [7, 11) is 0. The molecule has 1 aliphatic rings. The summed E-state index contributed by atoms with van der Waals surface area (Å²) in [6.07, 6.45) is 6.67. The van der Waals surface area contributed by atoms with Gasteiger partial charge in [0.25, 0.3) is 0 Å². The summed E-state index contributed by atoms with van der Waals surface area (Å²) in [6.45, 7) is 4.46. The molecule has 1 fully saturated rings. The molecule has 0 spiro atoms. The summed E-state index contributed by atoms with van der Waals surface area (Å²) in [6, 6.07) is 2.13. The maximum Gasteiger partial charge on any atom is 0.0911 e. The second-order valence-electron chi connectivity index (χ2n) is 3.89. The van der Waals surface area contributed by atoms with E-state index in [1.165, 1.54) is 24.8 Å². The smallest absolute Gasteiger partial charge is 0.0911 e. The molecule has 0 aliphatic heterocycles. The zero-order chi connectivity index (χ0) is 8.32. The van der Waals surface area contributed by atoms with Crippen LogP contribution < -0.4 is 0 Å². The molecule has 0 N–H and O–H groups in total. The molecule has 0 atom stereocenters. The maximum atomic E-state index is 8.52. The molecule has 0 radical (unpaired) electrons. The fourth-order valence-electron chi connectivity index (χ4n) is 1.73. The van der Waals surface area contributed by atoms with E-state index >= 15 is 0 Å². The van der Waals surface area contributed by atoms with Crippen LogP contribution in [-0.2, 0) is 0 Å². The van der Waals surface area contributed by atoms with Crippen molar-refractivity contribution in [3.63, 3.8) is 0 Å². The van der Waals surface area contributed by atoms with E-state index in [9.17, 15) is 0 Å². The van der Waals surface area contributed by atoms with Gasteiger partial charge >= 0.3 is 0 Å². The van der Waals surface area contributed by atoms with E-state index in [2.05, 4.69) is 19.9 Å². The maximum absolute atomic E-state index is 8.52. The lowest BCUT2D eigenvalue weighted by atomic mass is 9.73. The molecule has 1 rings (SSSR count). The van der Waals surface area contributed by atoms with Crippen molar-refractivity contribution in [2.75, 3.05) is 0 Å². The van der Waals surface area contributed by atoms with Crippen LogP contribution in [0.1, 0.15) is 39.5 Å². The third kappa shape index (κ3) is 1.83. The van der Waals surface area contributed by atoms with Crippen LogP contribution in [0.15, 0.2) is 11.6 Å². The van der Waals surface area contributed by atoms with Gasteiger partial charge in [-0.2, -0.15) is 5.26 Å². The Hall–Kier alpha value is -0.770. The van der Waals surface area contributed by atoms with Gasteiger partial charge in [-0.1, -0.05) is 25.8 Å². The van der Waals surface area contributed by atoms with E-state index in [4.69, 9.17) is 5.26 Å². The molecule has 0 saturated heterocycles. The first-order chi connectivity index (χ1) is 5.17. The van der Waals surface area contributed by atoms with E-state index in [0.717, 1.165) is 6.42 Å². The van der Waals surface area contributed by atoms with Crippen molar-refractivity contribution in [2.24, 2.45) is 5.41 Å². The molecule has 1 heteroatoms. The van der Waals surface area contributed by atoms with Gasteiger partial charge in [0, 0.05) is 6.08 Å². The minimum Gasteiger partial charge on any atom is -0.193 e. The fourth-order valence-corrected chi connectivity index (χ4v) is 1.73. The van der Waals surface area contributed by atoms with Gasteiger partial charge in [0.15, 0.2) is 0 Å². The number of nitriles is 1. The average Bonchev–Trinajstić information content (AvgIpc) is 1.94. The van der Waals surface area contributed by atoms with Crippen molar-refractivity contribution >= 4 is 0 Å². The first-order valence-corrected chi connectivity index (χ1v) is 4.26. The predicted octanol–water partition coefficient (Wildman–Crippen LogP) is 3.04. The van der Waals surface area contributed by atoms with Gasteiger partial charge in [-0.25, -0.2) is 0 Å². The second kappa shape index (κ2) is 3.09. The molecule has 60 valence electrons. The highest BCUT2D eigenvalue weighted by atomic mass is 14.3. The first kappa shape index (κ1) is 8.33. The molecule has 0 amide bonds. The highest BCUT2D eigenvalue weighted by molar-refractivity contribution is 5.21. The fraction of sp³-hybridized carbons (Fsp3) is 0.700.